The Morgan fingerprint density at radius 3 is 2.43 bits per heavy atom. The van der Waals surface area contributed by atoms with Crippen LogP contribution in [0.3, 0.4) is 0 Å². The van der Waals surface area contributed by atoms with Crippen molar-refractivity contribution in [1.82, 2.24) is 10.2 Å². The number of rotatable bonds is 6. The normalized spacial score (nSPS) is 12.8. The second-order valence-electron chi connectivity index (χ2n) is 6.40. The maximum Gasteiger partial charge on any atom is 0.317 e. The molecule has 0 aromatic heterocycles. The van der Waals surface area contributed by atoms with E-state index < -0.39 is 0 Å². The molecule has 0 fully saturated rings. The number of urea groups is 1. The van der Waals surface area contributed by atoms with Crippen LogP contribution in [0, 0.1) is 5.41 Å². The van der Waals surface area contributed by atoms with E-state index in [1.807, 2.05) is 13.8 Å². The molecule has 2 amide bonds. The molecule has 5 heteroatoms. The van der Waals surface area contributed by atoms with Crippen molar-refractivity contribution < 1.29 is 15.0 Å². The van der Waals surface area contributed by atoms with Gasteiger partial charge in [0, 0.05) is 20.1 Å². The van der Waals surface area contributed by atoms with Crippen LogP contribution in [-0.4, -0.2) is 40.8 Å². The zero-order valence-corrected chi connectivity index (χ0v) is 13.3. The monoisotopic (exact) mass is 294 g/mol. The minimum atomic E-state index is -0.383. The number of benzene rings is 1. The molecular weight excluding hydrogens is 268 g/mol. The first kappa shape index (κ1) is 17.3. The summed E-state index contributed by atoms with van der Waals surface area (Å²) in [7, 11) is 1.73. The fourth-order valence-electron chi connectivity index (χ4n) is 2.27. The number of carbonyl (C=O) groups is 1. The maximum absolute atomic E-state index is 12.0. The van der Waals surface area contributed by atoms with E-state index in [9.17, 15) is 15.0 Å². The molecule has 0 bridgehead atoms. The summed E-state index contributed by atoms with van der Waals surface area (Å²) >= 11 is 0. The summed E-state index contributed by atoms with van der Waals surface area (Å²) in [4.78, 5) is 13.6. The molecule has 1 aromatic carbocycles. The van der Waals surface area contributed by atoms with Gasteiger partial charge in [0.05, 0.1) is 6.10 Å². The minimum Gasteiger partial charge on any atom is -0.508 e. The number of nitrogens with zero attached hydrogens (tertiary/aromatic N) is 1. The van der Waals surface area contributed by atoms with E-state index in [4.69, 9.17) is 0 Å². The van der Waals surface area contributed by atoms with Crippen LogP contribution in [0.5, 0.6) is 5.75 Å². The van der Waals surface area contributed by atoms with Crippen molar-refractivity contribution in [1.29, 1.82) is 0 Å². The maximum atomic E-state index is 12.0. The van der Waals surface area contributed by atoms with E-state index in [0.717, 1.165) is 5.56 Å². The van der Waals surface area contributed by atoms with E-state index in [2.05, 4.69) is 5.32 Å². The molecular formula is C16H26N2O3. The lowest BCUT2D eigenvalue weighted by Gasteiger charge is -2.28. The number of hydrogen-bond donors (Lipinski definition) is 3. The second kappa shape index (κ2) is 7.31. The van der Waals surface area contributed by atoms with Gasteiger partial charge in [-0.05, 0) is 36.5 Å². The Balaban J connectivity index is 2.46. The van der Waals surface area contributed by atoms with Crippen LogP contribution in [-0.2, 0) is 6.54 Å². The fourth-order valence-corrected chi connectivity index (χ4v) is 2.27. The molecule has 5 nitrogen and oxygen atoms in total. The molecule has 0 aliphatic rings. The highest BCUT2D eigenvalue weighted by molar-refractivity contribution is 5.73. The zero-order chi connectivity index (χ0) is 16.0. The Labute approximate surface area is 126 Å². The van der Waals surface area contributed by atoms with Gasteiger partial charge >= 0.3 is 6.03 Å². The van der Waals surface area contributed by atoms with Crippen LogP contribution in [0.1, 0.15) is 32.8 Å². The van der Waals surface area contributed by atoms with Gasteiger partial charge in [-0.1, -0.05) is 26.0 Å². The first-order valence-corrected chi connectivity index (χ1v) is 7.14. The van der Waals surface area contributed by atoms with Gasteiger partial charge in [-0.15, -0.1) is 0 Å². The van der Waals surface area contributed by atoms with Crippen LogP contribution in [0.15, 0.2) is 24.3 Å². The number of aliphatic hydroxyl groups is 1. The number of phenols is 1. The number of amides is 2. The van der Waals surface area contributed by atoms with E-state index in [1.165, 1.54) is 0 Å². The summed E-state index contributed by atoms with van der Waals surface area (Å²) in [5, 5.41) is 21.6. The molecule has 0 spiro atoms. The Bertz CT molecular complexity index is 455. The Morgan fingerprint density at radius 1 is 1.33 bits per heavy atom. The fraction of sp³-hybridized carbons (Fsp3) is 0.562. The molecule has 21 heavy (non-hydrogen) atoms. The number of phenolic OH excluding ortho intramolecular Hbond substituents is 1. The van der Waals surface area contributed by atoms with Gasteiger partial charge in [-0.2, -0.15) is 0 Å². The molecule has 3 N–H and O–H groups in total. The Hall–Kier alpha value is -1.75. The van der Waals surface area contributed by atoms with Crippen molar-refractivity contribution in [2.24, 2.45) is 5.41 Å². The lowest BCUT2D eigenvalue weighted by molar-refractivity contribution is 0.127. The predicted molar refractivity (Wildman–Crippen MR) is 83.1 cm³/mol. The minimum absolute atomic E-state index is 0.150. The first-order chi connectivity index (χ1) is 9.69. The molecule has 118 valence electrons. The molecule has 0 aliphatic heterocycles. The van der Waals surface area contributed by atoms with E-state index in [-0.39, 0.29) is 23.3 Å². The van der Waals surface area contributed by atoms with Crippen molar-refractivity contribution in [3.8, 4) is 5.75 Å². The number of aromatic hydroxyl groups is 1. The van der Waals surface area contributed by atoms with Gasteiger partial charge < -0.3 is 20.4 Å². The molecule has 0 saturated heterocycles. The van der Waals surface area contributed by atoms with Crippen molar-refractivity contribution in [2.75, 3.05) is 13.6 Å². The highest BCUT2D eigenvalue weighted by Crippen LogP contribution is 2.21. The molecule has 0 heterocycles. The number of aliphatic hydroxyl groups excluding tert-OH is 1. The van der Waals surface area contributed by atoms with Crippen LogP contribution in [0.2, 0.25) is 0 Å². The Kier molecular flexibility index (Phi) is 6.03. The summed E-state index contributed by atoms with van der Waals surface area (Å²) in [6, 6.07) is 6.63. The third-order valence-electron chi connectivity index (χ3n) is 3.27. The van der Waals surface area contributed by atoms with Crippen molar-refractivity contribution >= 4 is 6.03 Å². The largest absolute Gasteiger partial charge is 0.508 e. The van der Waals surface area contributed by atoms with Gasteiger partial charge in [-0.25, -0.2) is 4.79 Å². The van der Waals surface area contributed by atoms with Crippen LogP contribution in [0.25, 0.3) is 0 Å². The molecule has 1 rings (SSSR count). The highest BCUT2D eigenvalue weighted by atomic mass is 16.3. The molecule has 0 radical (unpaired) electrons. The summed E-state index contributed by atoms with van der Waals surface area (Å²) in [5.41, 5.74) is 0.803. The van der Waals surface area contributed by atoms with E-state index >= 15 is 0 Å². The van der Waals surface area contributed by atoms with Gasteiger partial charge in [0.15, 0.2) is 0 Å². The van der Waals surface area contributed by atoms with E-state index in [1.54, 1.807) is 43.1 Å². The lowest BCUT2D eigenvalue weighted by atomic mass is 9.87. The third kappa shape index (κ3) is 6.49. The molecule has 1 unspecified atom stereocenters. The highest BCUT2D eigenvalue weighted by Gasteiger charge is 2.21. The number of carbonyl (C=O) groups excluding carboxylic acids is 1. The predicted octanol–water partition coefficient (Wildman–Crippen LogP) is 2.33. The molecule has 1 atom stereocenters. The van der Waals surface area contributed by atoms with Crippen molar-refractivity contribution in [2.45, 2.75) is 39.8 Å². The van der Waals surface area contributed by atoms with Crippen LogP contribution < -0.4 is 5.32 Å². The molecule has 1 aromatic rings. The topological polar surface area (TPSA) is 72.8 Å². The average Bonchev–Trinajstić information content (AvgIpc) is 2.37. The quantitative estimate of drug-likeness (QED) is 0.754. The zero-order valence-electron chi connectivity index (χ0n) is 13.3. The van der Waals surface area contributed by atoms with Crippen LogP contribution >= 0.6 is 0 Å². The third-order valence-corrected chi connectivity index (χ3v) is 3.27. The first-order valence-electron chi connectivity index (χ1n) is 7.14. The van der Waals surface area contributed by atoms with Gasteiger partial charge in [0.1, 0.15) is 5.75 Å². The van der Waals surface area contributed by atoms with Gasteiger partial charge in [0.25, 0.3) is 0 Å². The van der Waals surface area contributed by atoms with Crippen molar-refractivity contribution in [3.05, 3.63) is 29.8 Å². The summed E-state index contributed by atoms with van der Waals surface area (Å²) in [6.45, 7) is 6.76. The lowest BCUT2D eigenvalue weighted by Crippen LogP contribution is -2.42. The van der Waals surface area contributed by atoms with Gasteiger partial charge in [-0.3, -0.25) is 0 Å². The molecule has 0 saturated carbocycles. The number of nitrogens with one attached hydrogen (secondary N) is 1. The number of hydrogen-bond acceptors (Lipinski definition) is 3. The van der Waals surface area contributed by atoms with Crippen molar-refractivity contribution in [3.63, 3.8) is 0 Å². The SMILES string of the molecule is CC(O)CC(C)(C)CNC(=O)N(C)Cc1ccc(O)cc1. The molecule has 0 aliphatic carbocycles. The van der Waals surface area contributed by atoms with Crippen LogP contribution in [0.4, 0.5) is 4.79 Å². The smallest absolute Gasteiger partial charge is 0.317 e. The van der Waals surface area contributed by atoms with E-state index in [0.29, 0.717) is 19.5 Å². The van der Waals surface area contributed by atoms with Gasteiger partial charge in [0.2, 0.25) is 0 Å². The summed E-state index contributed by atoms with van der Waals surface area (Å²) in [6.07, 6.45) is 0.251. The Morgan fingerprint density at radius 2 is 1.90 bits per heavy atom. The second-order valence-corrected chi connectivity index (χ2v) is 6.40. The summed E-state index contributed by atoms with van der Waals surface area (Å²) < 4.78 is 0. The standard InChI is InChI=1S/C16H26N2O3/c1-12(19)9-16(2,3)11-17-15(21)18(4)10-13-5-7-14(20)8-6-13/h5-8,12,19-20H,9-11H2,1-4H3,(H,17,21). The summed E-state index contributed by atoms with van der Waals surface area (Å²) in [5.74, 6) is 0.214. The average molecular weight is 294 g/mol.